The molecule has 1 amide bonds. The molecule has 2 atom stereocenters. The lowest BCUT2D eigenvalue weighted by Gasteiger charge is -2.47. The van der Waals surface area contributed by atoms with E-state index >= 15 is 0 Å². The van der Waals surface area contributed by atoms with Crippen LogP contribution in [-0.4, -0.2) is 41.2 Å². The fourth-order valence-corrected chi connectivity index (χ4v) is 5.32. The third-order valence-corrected chi connectivity index (χ3v) is 7.52. The Kier molecular flexibility index (Phi) is 6.61. The van der Waals surface area contributed by atoms with Gasteiger partial charge in [-0.3, -0.25) is 4.79 Å². The molecule has 6 heteroatoms. The van der Waals surface area contributed by atoms with Gasteiger partial charge in [0.2, 0.25) is 5.91 Å². The van der Waals surface area contributed by atoms with E-state index in [0.717, 1.165) is 60.8 Å². The Labute approximate surface area is 189 Å². The molecule has 1 aliphatic carbocycles. The van der Waals surface area contributed by atoms with Gasteiger partial charge in [-0.05, 0) is 57.2 Å². The van der Waals surface area contributed by atoms with Crippen LogP contribution in [0.15, 0.2) is 21.3 Å². The van der Waals surface area contributed by atoms with Crippen molar-refractivity contribution in [1.29, 1.82) is 0 Å². The lowest BCUT2D eigenvalue weighted by molar-refractivity contribution is -0.142. The van der Waals surface area contributed by atoms with Gasteiger partial charge in [-0.25, -0.2) is 4.79 Å². The zero-order chi connectivity index (χ0) is 22.9. The van der Waals surface area contributed by atoms with E-state index in [-0.39, 0.29) is 18.2 Å². The summed E-state index contributed by atoms with van der Waals surface area (Å²) in [6.07, 6.45) is 6.62. The molecule has 1 saturated carbocycles. The van der Waals surface area contributed by atoms with E-state index < -0.39 is 11.2 Å². The highest BCUT2D eigenvalue weighted by Gasteiger charge is 2.43. The number of aliphatic hydroxyl groups is 1. The average molecular weight is 442 g/mol. The quantitative estimate of drug-likeness (QED) is 0.534. The molecule has 1 aromatic carbocycles. The third-order valence-electron chi connectivity index (χ3n) is 7.52. The predicted octanol–water partition coefficient (Wildman–Crippen LogP) is 4.28. The summed E-state index contributed by atoms with van der Waals surface area (Å²) >= 11 is 0. The maximum Gasteiger partial charge on any atom is 0.340 e. The number of nitrogens with zero attached hydrogens (tertiary/aromatic N) is 1. The summed E-state index contributed by atoms with van der Waals surface area (Å²) in [6.45, 7) is 7.64. The van der Waals surface area contributed by atoms with E-state index in [1.165, 1.54) is 0 Å². The van der Waals surface area contributed by atoms with Gasteiger partial charge in [0.25, 0.3) is 0 Å². The number of aryl methyl sites for hydroxylation is 2. The number of carbonyl (C=O) groups is 1. The molecule has 2 aliphatic rings. The second-order valence-electron chi connectivity index (χ2n) is 9.57. The Morgan fingerprint density at radius 1 is 1.25 bits per heavy atom. The highest BCUT2D eigenvalue weighted by molar-refractivity contribution is 5.87. The number of hydrogen-bond acceptors (Lipinski definition) is 5. The van der Waals surface area contributed by atoms with Crippen molar-refractivity contribution >= 4 is 16.9 Å². The molecule has 2 heterocycles. The van der Waals surface area contributed by atoms with Crippen molar-refractivity contribution in [2.24, 2.45) is 5.92 Å². The van der Waals surface area contributed by atoms with Crippen LogP contribution in [0.25, 0.3) is 11.0 Å². The van der Waals surface area contributed by atoms with Crippen molar-refractivity contribution in [3.8, 4) is 5.75 Å². The number of ether oxygens (including phenoxy) is 1. The normalized spacial score (nSPS) is 23.2. The molecule has 174 valence electrons. The molecular formula is C26H35NO5. The van der Waals surface area contributed by atoms with E-state index in [1.54, 1.807) is 0 Å². The standard InChI is InChI=1S/C26H35NO5/c1-4-5-14-31-22-10-9-20-17(2)21(25(29)32-24(20)18(22)3)15-23(28)27-13-12-26(30)11-7-6-8-19(26)16-27/h9-10,19,30H,4-8,11-16H2,1-3H3/t19-,26-/m0/s1. The fourth-order valence-electron chi connectivity index (χ4n) is 5.32. The second kappa shape index (κ2) is 9.26. The minimum Gasteiger partial charge on any atom is -0.493 e. The molecule has 1 N–H and O–H groups in total. The largest absolute Gasteiger partial charge is 0.493 e. The second-order valence-corrected chi connectivity index (χ2v) is 9.57. The van der Waals surface area contributed by atoms with Crippen LogP contribution < -0.4 is 10.4 Å². The van der Waals surface area contributed by atoms with E-state index in [0.29, 0.717) is 37.3 Å². The zero-order valence-corrected chi connectivity index (χ0v) is 19.5. The summed E-state index contributed by atoms with van der Waals surface area (Å²) in [5.41, 5.74) is 1.47. The maximum atomic E-state index is 13.1. The molecule has 0 unspecified atom stereocenters. The van der Waals surface area contributed by atoms with Crippen molar-refractivity contribution in [3.63, 3.8) is 0 Å². The van der Waals surface area contributed by atoms with Crippen molar-refractivity contribution < 1.29 is 19.1 Å². The lowest BCUT2D eigenvalue weighted by Crippen LogP contribution is -2.55. The van der Waals surface area contributed by atoms with Gasteiger partial charge in [0, 0.05) is 30.0 Å². The van der Waals surface area contributed by atoms with Gasteiger partial charge in [0.1, 0.15) is 11.3 Å². The summed E-state index contributed by atoms with van der Waals surface area (Å²) in [4.78, 5) is 27.8. The summed E-state index contributed by atoms with van der Waals surface area (Å²) in [5.74, 6) is 0.797. The fraction of sp³-hybridized carbons (Fsp3) is 0.615. The Bertz CT molecular complexity index is 1060. The Morgan fingerprint density at radius 3 is 2.84 bits per heavy atom. The Morgan fingerprint density at radius 2 is 2.06 bits per heavy atom. The Balaban J connectivity index is 1.55. The highest BCUT2D eigenvalue weighted by atomic mass is 16.5. The van der Waals surface area contributed by atoms with Crippen LogP contribution >= 0.6 is 0 Å². The molecular weight excluding hydrogens is 406 g/mol. The van der Waals surface area contributed by atoms with Gasteiger partial charge in [-0.2, -0.15) is 0 Å². The minimum absolute atomic E-state index is 0.0308. The van der Waals surface area contributed by atoms with Crippen molar-refractivity contribution in [2.75, 3.05) is 19.7 Å². The number of fused-ring (bicyclic) bond motifs is 2. The summed E-state index contributed by atoms with van der Waals surface area (Å²) in [6, 6.07) is 3.83. The van der Waals surface area contributed by atoms with E-state index in [1.807, 2.05) is 30.9 Å². The number of carbonyl (C=O) groups excluding carboxylic acids is 1. The van der Waals surface area contributed by atoms with Crippen LogP contribution in [0.4, 0.5) is 0 Å². The van der Waals surface area contributed by atoms with Gasteiger partial charge in [0.15, 0.2) is 0 Å². The van der Waals surface area contributed by atoms with Gasteiger partial charge in [-0.1, -0.05) is 26.2 Å². The summed E-state index contributed by atoms with van der Waals surface area (Å²) in [7, 11) is 0. The number of likely N-dealkylation sites (tertiary alicyclic amines) is 1. The van der Waals surface area contributed by atoms with Gasteiger partial charge >= 0.3 is 5.63 Å². The van der Waals surface area contributed by atoms with Crippen molar-refractivity contribution in [3.05, 3.63) is 39.2 Å². The minimum atomic E-state index is -0.624. The number of unbranched alkanes of at least 4 members (excludes halogenated alkanes) is 1. The predicted molar refractivity (Wildman–Crippen MR) is 124 cm³/mol. The average Bonchev–Trinajstić information content (AvgIpc) is 2.78. The number of piperidine rings is 1. The van der Waals surface area contributed by atoms with Crippen LogP contribution in [0.3, 0.4) is 0 Å². The summed E-state index contributed by atoms with van der Waals surface area (Å²) in [5, 5.41) is 11.7. The number of benzene rings is 1. The molecule has 6 nitrogen and oxygen atoms in total. The first-order chi connectivity index (χ1) is 15.3. The zero-order valence-electron chi connectivity index (χ0n) is 19.5. The molecule has 0 spiro atoms. The van der Waals surface area contributed by atoms with Crippen LogP contribution in [0.1, 0.15) is 68.6 Å². The molecule has 4 rings (SSSR count). The van der Waals surface area contributed by atoms with E-state index in [9.17, 15) is 14.7 Å². The molecule has 32 heavy (non-hydrogen) atoms. The van der Waals surface area contributed by atoms with Crippen LogP contribution in [-0.2, 0) is 11.2 Å². The molecule has 2 aromatic rings. The van der Waals surface area contributed by atoms with Gasteiger partial charge in [0.05, 0.1) is 24.2 Å². The molecule has 1 aliphatic heterocycles. The number of rotatable bonds is 6. The highest BCUT2D eigenvalue weighted by Crippen LogP contribution is 2.40. The smallest absolute Gasteiger partial charge is 0.340 e. The van der Waals surface area contributed by atoms with Crippen molar-refractivity contribution in [1.82, 2.24) is 4.90 Å². The number of hydrogen-bond donors (Lipinski definition) is 1. The molecule has 1 saturated heterocycles. The molecule has 0 radical (unpaired) electrons. The molecule has 2 fully saturated rings. The maximum absolute atomic E-state index is 13.1. The SMILES string of the molecule is CCCCOc1ccc2c(C)c(CC(=O)N3CC[C@@]4(O)CCCC[C@H]4C3)c(=O)oc2c1C. The molecule has 1 aromatic heterocycles. The first-order valence-electron chi connectivity index (χ1n) is 12.0. The molecule has 0 bridgehead atoms. The topological polar surface area (TPSA) is 80.0 Å². The van der Waals surface area contributed by atoms with Gasteiger partial charge < -0.3 is 19.2 Å². The van der Waals surface area contributed by atoms with Crippen LogP contribution in [0.5, 0.6) is 5.75 Å². The monoisotopic (exact) mass is 441 g/mol. The first-order valence-corrected chi connectivity index (χ1v) is 12.0. The van der Waals surface area contributed by atoms with Crippen LogP contribution in [0.2, 0.25) is 0 Å². The van der Waals surface area contributed by atoms with E-state index in [4.69, 9.17) is 9.15 Å². The Hall–Kier alpha value is -2.34. The van der Waals surface area contributed by atoms with E-state index in [2.05, 4.69) is 6.92 Å². The van der Waals surface area contributed by atoms with Crippen LogP contribution in [0, 0.1) is 19.8 Å². The van der Waals surface area contributed by atoms with Gasteiger partial charge in [-0.15, -0.1) is 0 Å². The lowest BCUT2D eigenvalue weighted by atomic mass is 9.71. The number of amides is 1. The van der Waals surface area contributed by atoms with Crippen molar-refractivity contribution in [2.45, 2.75) is 77.7 Å². The summed E-state index contributed by atoms with van der Waals surface area (Å²) < 4.78 is 11.5. The third kappa shape index (κ3) is 4.29. The first kappa shape index (κ1) is 22.8.